The Hall–Kier alpha value is -4.53. The van der Waals surface area contributed by atoms with E-state index < -0.39 is 29.9 Å². The van der Waals surface area contributed by atoms with Gasteiger partial charge in [0.05, 0.1) is 5.69 Å². The Labute approximate surface area is 201 Å². The number of fused-ring (bicyclic) bond motifs is 1. The standard InChI is InChI=1S/C26H23N3O6/c1-26(14-17-11-12-21-22(13-17)34-16-33-21)24(31)29(25(32)28-26)15-23(30)27-19-9-5-6-10-20(19)35-18-7-3-2-4-8-18/h2-13H,14-16H2,1H3,(H,27,30)(H,28,32)/t26-/m0/s1. The number of para-hydroxylation sites is 3. The van der Waals surface area contributed by atoms with Gasteiger partial charge in [0, 0.05) is 6.42 Å². The van der Waals surface area contributed by atoms with Crippen LogP contribution in [0.4, 0.5) is 10.5 Å². The van der Waals surface area contributed by atoms with Gasteiger partial charge in [-0.1, -0.05) is 36.4 Å². The average molecular weight is 473 g/mol. The van der Waals surface area contributed by atoms with Crippen LogP contribution in [0.25, 0.3) is 0 Å². The minimum absolute atomic E-state index is 0.147. The number of imide groups is 1. The van der Waals surface area contributed by atoms with Crippen molar-refractivity contribution < 1.29 is 28.6 Å². The van der Waals surface area contributed by atoms with Gasteiger partial charge in [-0.15, -0.1) is 0 Å². The Morgan fingerprint density at radius 2 is 1.77 bits per heavy atom. The fourth-order valence-corrected chi connectivity index (χ4v) is 4.08. The zero-order valence-electron chi connectivity index (χ0n) is 18.9. The van der Waals surface area contributed by atoms with Crippen LogP contribution in [-0.2, 0) is 16.0 Å². The molecule has 0 saturated carbocycles. The Bertz CT molecular complexity index is 1300. The van der Waals surface area contributed by atoms with E-state index in [9.17, 15) is 14.4 Å². The molecule has 2 aliphatic rings. The van der Waals surface area contributed by atoms with E-state index in [0.717, 1.165) is 10.5 Å². The van der Waals surface area contributed by atoms with Gasteiger partial charge in [-0.25, -0.2) is 4.79 Å². The fraction of sp³-hybridized carbons (Fsp3) is 0.192. The molecule has 0 aromatic heterocycles. The molecule has 0 radical (unpaired) electrons. The fourth-order valence-electron chi connectivity index (χ4n) is 4.08. The summed E-state index contributed by atoms with van der Waals surface area (Å²) >= 11 is 0. The first-order valence-electron chi connectivity index (χ1n) is 11.1. The van der Waals surface area contributed by atoms with Crippen LogP contribution in [-0.4, -0.2) is 41.6 Å². The van der Waals surface area contributed by atoms with Crippen LogP contribution in [0.5, 0.6) is 23.0 Å². The molecule has 1 atom stereocenters. The highest BCUT2D eigenvalue weighted by molar-refractivity contribution is 6.10. The van der Waals surface area contributed by atoms with Crippen LogP contribution < -0.4 is 24.8 Å². The first-order chi connectivity index (χ1) is 16.9. The molecule has 3 aromatic rings. The minimum Gasteiger partial charge on any atom is -0.455 e. The maximum Gasteiger partial charge on any atom is 0.325 e. The number of anilines is 1. The summed E-state index contributed by atoms with van der Waals surface area (Å²) in [5.74, 6) is 1.28. The molecule has 3 aromatic carbocycles. The van der Waals surface area contributed by atoms with E-state index >= 15 is 0 Å². The third-order valence-electron chi connectivity index (χ3n) is 5.77. The van der Waals surface area contributed by atoms with Crippen molar-refractivity contribution in [1.82, 2.24) is 10.2 Å². The molecule has 0 unspecified atom stereocenters. The lowest BCUT2D eigenvalue weighted by molar-refractivity contribution is -0.133. The van der Waals surface area contributed by atoms with Gasteiger partial charge in [0.25, 0.3) is 5.91 Å². The lowest BCUT2D eigenvalue weighted by Crippen LogP contribution is -2.46. The largest absolute Gasteiger partial charge is 0.455 e. The van der Waals surface area contributed by atoms with Crippen LogP contribution in [0.15, 0.2) is 72.8 Å². The summed E-state index contributed by atoms with van der Waals surface area (Å²) in [7, 11) is 0. The van der Waals surface area contributed by atoms with E-state index in [1.54, 1.807) is 55.5 Å². The van der Waals surface area contributed by atoms with Crippen molar-refractivity contribution in [2.45, 2.75) is 18.9 Å². The van der Waals surface area contributed by atoms with E-state index in [0.29, 0.717) is 28.7 Å². The van der Waals surface area contributed by atoms with Gasteiger partial charge >= 0.3 is 6.03 Å². The number of carbonyl (C=O) groups is 3. The molecule has 35 heavy (non-hydrogen) atoms. The first-order valence-corrected chi connectivity index (χ1v) is 11.1. The van der Waals surface area contributed by atoms with E-state index in [1.165, 1.54) is 0 Å². The highest BCUT2D eigenvalue weighted by atomic mass is 16.7. The third kappa shape index (κ3) is 4.61. The molecule has 5 rings (SSSR count). The van der Waals surface area contributed by atoms with Crippen molar-refractivity contribution in [1.29, 1.82) is 0 Å². The highest BCUT2D eigenvalue weighted by Gasteiger charge is 2.48. The third-order valence-corrected chi connectivity index (χ3v) is 5.77. The summed E-state index contributed by atoms with van der Waals surface area (Å²) in [6, 6.07) is 20.8. The van der Waals surface area contributed by atoms with Gasteiger partial charge in [0.1, 0.15) is 17.8 Å². The molecule has 0 aliphatic carbocycles. The molecule has 9 heteroatoms. The van der Waals surface area contributed by atoms with Crippen molar-refractivity contribution in [2.24, 2.45) is 0 Å². The zero-order valence-corrected chi connectivity index (χ0v) is 18.9. The number of benzene rings is 3. The van der Waals surface area contributed by atoms with Gasteiger partial charge in [0.2, 0.25) is 12.7 Å². The summed E-state index contributed by atoms with van der Waals surface area (Å²) < 4.78 is 16.6. The number of ether oxygens (including phenoxy) is 3. The Balaban J connectivity index is 1.26. The molecular weight excluding hydrogens is 450 g/mol. The predicted octanol–water partition coefficient (Wildman–Crippen LogP) is 3.70. The second kappa shape index (κ2) is 9.02. The van der Waals surface area contributed by atoms with Gasteiger partial charge in [-0.05, 0) is 48.9 Å². The Morgan fingerprint density at radius 1 is 1.03 bits per heavy atom. The molecule has 2 aliphatic heterocycles. The van der Waals surface area contributed by atoms with E-state index in [1.807, 2.05) is 24.3 Å². The molecular formula is C26H23N3O6. The van der Waals surface area contributed by atoms with Crippen LogP contribution >= 0.6 is 0 Å². The minimum atomic E-state index is -1.20. The molecule has 9 nitrogen and oxygen atoms in total. The Morgan fingerprint density at radius 3 is 2.60 bits per heavy atom. The summed E-state index contributed by atoms with van der Waals surface area (Å²) in [5.41, 5.74) is 0.0274. The van der Waals surface area contributed by atoms with Crippen molar-refractivity contribution in [3.8, 4) is 23.0 Å². The van der Waals surface area contributed by atoms with Crippen LogP contribution in [0.1, 0.15) is 12.5 Å². The quantitative estimate of drug-likeness (QED) is 0.507. The lowest BCUT2D eigenvalue weighted by Gasteiger charge is -2.22. The number of nitrogens with zero attached hydrogens (tertiary/aromatic N) is 1. The maximum atomic E-state index is 13.2. The number of hydrogen-bond acceptors (Lipinski definition) is 6. The molecule has 1 fully saturated rings. The van der Waals surface area contributed by atoms with E-state index in [2.05, 4.69) is 10.6 Å². The number of amides is 4. The monoisotopic (exact) mass is 473 g/mol. The number of urea groups is 1. The number of rotatable bonds is 7. The second-order valence-electron chi connectivity index (χ2n) is 8.48. The molecule has 178 valence electrons. The topological polar surface area (TPSA) is 106 Å². The normalized spacial score (nSPS) is 18.4. The molecule has 2 N–H and O–H groups in total. The summed E-state index contributed by atoms with van der Waals surface area (Å²) in [6.07, 6.45) is 0.236. The molecule has 1 saturated heterocycles. The molecule has 2 heterocycles. The van der Waals surface area contributed by atoms with Crippen LogP contribution in [0, 0.1) is 0 Å². The van der Waals surface area contributed by atoms with Crippen LogP contribution in [0.3, 0.4) is 0 Å². The number of hydrogen-bond donors (Lipinski definition) is 2. The lowest BCUT2D eigenvalue weighted by atomic mass is 9.92. The molecule has 0 spiro atoms. The summed E-state index contributed by atoms with van der Waals surface area (Å²) in [5, 5.41) is 5.46. The second-order valence-corrected chi connectivity index (χ2v) is 8.48. The SMILES string of the molecule is C[C@@]1(Cc2ccc3c(c2)OCO3)NC(=O)N(CC(=O)Nc2ccccc2Oc2ccccc2)C1=O. The predicted molar refractivity (Wildman–Crippen MR) is 127 cm³/mol. The summed E-state index contributed by atoms with van der Waals surface area (Å²) in [4.78, 5) is 39.5. The van der Waals surface area contributed by atoms with E-state index in [-0.39, 0.29) is 13.2 Å². The van der Waals surface area contributed by atoms with Crippen molar-refractivity contribution in [2.75, 3.05) is 18.7 Å². The molecule has 0 bridgehead atoms. The van der Waals surface area contributed by atoms with Crippen molar-refractivity contribution >= 4 is 23.5 Å². The first kappa shape index (κ1) is 22.3. The Kier molecular flexibility index (Phi) is 5.74. The highest BCUT2D eigenvalue weighted by Crippen LogP contribution is 2.34. The zero-order chi connectivity index (χ0) is 24.4. The molecule has 4 amide bonds. The van der Waals surface area contributed by atoms with Crippen molar-refractivity contribution in [3.05, 3.63) is 78.4 Å². The smallest absolute Gasteiger partial charge is 0.325 e. The van der Waals surface area contributed by atoms with Gasteiger partial charge in [0.15, 0.2) is 17.2 Å². The van der Waals surface area contributed by atoms with E-state index in [4.69, 9.17) is 14.2 Å². The van der Waals surface area contributed by atoms with Gasteiger partial charge in [-0.3, -0.25) is 14.5 Å². The van der Waals surface area contributed by atoms with Crippen LogP contribution in [0.2, 0.25) is 0 Å². The maximum absolute atomic E-state index is 13.2. The number of carbonyl (C=O) groups excluding carboxylic acids is 3. The van der Waals surface area contributed by atoms with Gasteiger partial charge in [-0.2, -0.15) is 0 Å². The average Bonchev–Trinajstić information content (AvgIpc) is 3.39. The van der Waals surface area contributed by atoms with Gasteiger partial charge < -0.3 is 24.8 Å². The summed E-state index contributed by atoms with van der Waals surface area (Å²) in [6.45, 7) is 1.36. The van der Waals surface area contributed by atoms with Crippen molar-refractivity contribution in [3.63, 3.8) is 0 Å². The number of nitrogens with one attached hydrogen (secondary N) is 2.